The summed E-state index contributed by atoms with van der Waals surface area (Å²) in [5.74, 6) is -0.363. The Morgan fingerprint density at radius 2 is 1.82 bits per heavy atom. The van der Waals surface area contributed by atoms with Crippen molar-refractivity contribution in [1.29, 1.82) is 0 Å². The van der Waals surface area contributed by atoms with E-state index in [-0.39, 0.29) is 17.7 Å². The molecule has 3 unspecified atom stereocenters. The van der Waals surface area contributed by atoms with E-state index >= 15 is 0 Å². The number of amides is 1. The van der Waals surface area contributed by atoms with Crippen LogP contribution >= 0.6 is 0 Å². The van der Waals surface area contributed by atoms with Gasteiger partial charge < -0.3 is 10.4 Å². The van der Waals surface area contributed by atoms with Gasteiger partial charge in [-0.1, -0.05) is 19.8 Å². The van der Waals surface area contributed by atoms with Crippen molar-refractivity contribution in [2.45, 2.75) is 51.5 Å². The maximum absolute atomic E-state index is 12.1. The highest BCUT2D eigenvalue weighted by molar-refractivity contribution is 5.85. The van der Waals surface area contributed by atoms with Gasteiger partial charge in [-0.2, -0.15) is 0 Å². The number of carboxylic acids is 1. The van der Waals surface area contributed by atoms with E-state index in [9.17, 15) is 9.59 Å². The maximum atomic E-state index is 12.1. The first-order chi connectivity index (χ1) is 8.09. The van der Waals surface area contributed by atoms with Crippen molar-refractivity contribution >= 4 is 11.9 Å². The fraction of sp³-hybridized carbons (Fsp3) is 0.846. The van der Waals surface area contributed by atoms with E-state index in [1.54, 1.807) is 0 Å². The second kappa shape index (κ2) is 5.07. The predicted octanol–water partition coefficient (Wildman–Crippen LogP) is 1.79. The van der Waals surface area contributed by atoms with Gasteiger partial charge in [0.25, 0.3) is 0 Å². The van der Waals surface area contributed by atoms with Crippen LogP contribution in [0, 0.1) is 17.8 Å². The number of carbonyl (C=O) groups is 2. The summed E-state index contributed by atoms with van der Waals surface area (Å²) in [6.07, 6.45) is 6.12. The molecule has 2 aliphatic rings. The second-order valence-corrected chi connectivity index (χ2v) is 5.53. The quantitative estimate of drug-likeness (QED) is 0.786. The zero-order chi connectivity index (χ0) is 12.4. The molecule has 1 amide bonds. The summed E-state index contributed by atoms with van der Waals surface area (Å²) in [5, 5.41) is 11.8. The van der Waals surface area contributed by atoms with Gasteiger partial charge in [0.2, 0.25) is 5.91 Å². The van der Waals surface area contributed by atoms with Gasteiger partial charge in [-0.05, 0) is 37.5 Å². The third-order valence-electron chi connectivity index (χ3n) is 4.11. The Kier molecular flexibility index (Phi) is 3.69. The normalized spacial score (nSPS) is 30.6. The van der Waals surface area contributed by atoms with E-state index in [0.717, 1.165) is 32.1 Å². The first-order valence-electron chi connectivity index (χ1n) is 6.62. The Morgan fingerprint density at radius 3 is 2.35 bits per heavy atom. The number of carbonyl (C=O) groups excluding carboxylic acids is 1. The molecule has 0 aromatic heterocycles. The van der Waals surface area contributed by atoms with E-state index in [1.807, 2.05) is 0 Å². The number of hydrogen-bond donors (Lipinski definition) is 2. The Balaban J connectivity index is 1.92. The van der Waals surface area contributed by atoms with E-state index in [0.29, 0.717) is 5.92 Å². The molecule has 2 fully saturated rings. The molecular formula is C13H21NO3. The fourth-order valence-corrected chi connectivity index (χ4v) is 2.78. The summed E-state index contributed by atoms with van der Waals surface area (Å²) in [6, 6.07) is -0.656. The van der Waals surface area contributed by atoms with Crippen molar-refractivity contribution in [1.82, 2.24) is 5.32 Å². The first kappa shape index (κ1) is 12.4. The predicted molar refractivity (Wildman–Crippen MR) is 63.4 cm³/mol. The SMILES string of the molecule is CC1CCCCC1C(=O)NC(C(=O)O)C1CC1. The van der Waals surface area contributed by atoms with Gasteiger partial charge in [-0.3, -0.25) is 4.79 Å². The highest BCUT2D eigenvalue weighted by Crippen LogP contribution is 2.34. The van der Waals surface area contributed by atoms with Gasteiger partial charge in [-0.25, -0.2) is 4.79 Å². The number of aliphatic carboxylic acids is 1. The lowest BCUT2D eigenvalue weighted by atomic mass is 9.80. The smallest absolute Gasteiger partial charge is 0.326 e. The molecule has 4 heteroatoms. The minimum atomic E-state index is -0.885. The molecule has 2 saturated carbocycles. The number of hydrogen-bond acceptors (Lipinski definition) is 2. The number of nitrogens with one attached hydrogen (secondary N) is 1. The topological polar surface area (TPSA) is 66.4 Å². The lowest BCUT2D eigenvalue weighted by Gasteiger charge is -2.28. The maximum Gasteiger partial charge on any atom is 0.326 e. The van der Waals surface area contributed by atoms with Gasteiger partial charge in [0.15, 0.2) is 0 Å². The molecule has 0 spiro atoms. The molecule has 17 heavy (non-hydrogen) atoms. The van der Waals surface area contributed by atoms with Crippen molar-refractivity contribution in [2.24, 2.45) is 17.8 Å². The largest absolute Gasteiger partial charge is 0.480 e. The van der Waals surface area contributed by atoms with Crippen molar-refractivity contribution < 1.29 is 14.7 Å². The average Bonchev–Trinajstić information content (AvgIpc) is 3.09. The van der Waals surface area contributed by atoms with Gasteiger partial charge in [0.1, 0.15) is 6.04 Å². The van der Waals surface area contributed by atoms with Crippen LogP contribution in [-0.4, -0.2) is 23.0 Å². The van der Waals surface area contributed by atoms with E-state index in [2.05, 4.69) is 12.2 Å². The molecule has 96 valence electrons. The molecule has 2 aliphatic carbocycles. The van der Waals surface area contributed by atoms with Crippen LogP contribution < -0.4 is 5.32 Å². The Morgan fingerprint density at radius 1 is 1.18 bits per heavy atom. The van der Waals surface area contributed by atoms with E-state index in [1.165, 1.54) is 6.42 Å². The molecule has 0 aromatic rings. The molecule has 3 atom stereocenters. The van der Waals surface area contributed by atoms with Crippen LogP contribution in [0.4, 0.5) is 0 Å². The molecular weight excluding hydrogens is 218 g/mol. The fourth-order valence-electron chi connectivity index (χ4n) is 2.78. The first-order valence-corrected chi connectivity index (χ1v) is 6.62. The molecule has 0 bridgehead atoms. The summed E-state index contributed by atoms with van der Waals surface area (Å²) in [7, 11) is 0. The monoisotopic (exact) mass is 239 g/mol. The molecule has 4 nitrogen and oxygen atoms in total. The van der Waals surface area contributed by atoms with Gasteiger partial charge >= 0.3 is 5.97 Å². The van der Waals surface area contributed by atoms with Crippen LogP contribution in [0.2, 0.25) is 0 Å². The molecule has 2 N–H and O–H groups in total. The Labute approximate surface area is 102 Å². The second-order valence-electron chi connectivity index (χ2n) is 5.53. The Bertz CT molecular complexity index is 312. The van der Waals surface area contributed by atoms with Gasteiger partial charge in [0, 0.05) is 5.92 Å². The van der Waals surface area contributed by atoms with Crippen LogP contribution in [0.3, 0.4) is 0 Å². The van der Waals surface area contributed by atoms with Gasteiger partial charge in [-0.15, -0.1) is 0 Å². The summed E-state index contributed by atoms with van der Waals surface area (Å²) >= 11 is 0. The summed E-state index contributed by atoms with van der Waals surface area (Å²) in [4.78, 5) is 23.1. The summed E-state index contributed by atoms with van der Waals surface area (Å²) in [5.41, 5.74) is 0. The minimum absolute atomic E-state index is 0.0179. The third-order valence-corrected chi connectivity index (χ3v) is 4.11. The van der Waals surface area contributed by atoms with Crippen LogP contribution in [0.15, 0.2) is 0 Å². The highest BCUT2D eigenvalue weighted by Gasteiger charge is 2.39. The third kappa shape index (κ3) is 2.99. The lowest BCUT2D eigenvalue weighted by Crippen LogP contribution is -2.46. The standard InChI is InChI=1S/C13H21NO3/c1-8-4-2-3-5-10(8)12(15)14-11(13(16)17)9-6-7-9/h8-11H,2-7H2,1H3,(H,14,15)(H,16,17). The van der Waals surface area contributed by atoms with Crippen molar-refractivity contribution in [2.75, 3.05) is 0 Å². The van der Waals surface area contributed by atoms with E-state index in [4.69, 9.17) is 5.11 Å². The minimum Gasteiger partial charge on any atom is -0.480 e. The lowest BCUT2D eigenvalue weighted by molar-refractivity contribution is -0.143. The molecule has 0 aromatic carbocycles. The zero-order valence-corrected chi connectivity index (χ0v) is 10.3. The van der Waals surface area contributed by atoms with Crippen molar-refractivity contribution in [3.05, 3.63) is 0 Å². The van der Waals surface area contributed by atoms with E-state index < -0.39 is 12.0 Å². The summed E-state index contributed by atoms with van der Waals surface area (Å²) < 4.78 is 0. The number of carboxylic acid groups (broad SMARTS) is 1. The molecule has 0 radical (unpaired) electrons. The molecule has 0 heterocycles. The zero-order valence-electron chi connectivity index (χ0n) is 10.3. The van der Waals surface area contributed by atoms with Crippen LogP contribution in [-0.2, 0) is 9.59 Å². The average molecular weight is 239 g/mol. The molecule has 0 saturated heterocycles. The van der Waals surface area contributed by atoms with Crippen LogP contribution in [0.5, 0.6) is 0 Å². The number of rotatable bonds is 4. The van der Waals surface area contributed by atoms with Gasteiger partial charge in [0.05, 0.1) is 0 Å². The van der Waals surface area contributed by atoms with Crippen LogP contribution in [0.25, 0.3) is 0 Å². The summed E-state index contributed by atoms with van der Waals surface area (Å²) in [6.45, 7) is 2.09. The molecule has 2 rings (SSSR count). The highest BCUT2D eigenvalue weighted by atomic mass is 16.4. The Hall–Kier alpha value is -1.06. The van der Waals surface area contributed by atoms with Crippen molar-refractivity contribution in [3.63, 3.8) is 0 Å². The molecule has 0 aliphatic heterocycles. The van der Waals surface area contributed by atoms with Crippen molar-refractivity contribution in [3.8, 4) is 0 Å². The van der Waals surface area contributed by atoms with Crippen LogP contribution in [0.1, 0.15) is 45.4 Å².